The van der Waals surface area contributed by atoms with E-state index in [-0.39, 0.29) is 25.3 Å². The van der Waals surface area contributed by atoms with Gasteiger partial charge in [-0.1, -0.05) is 83.1 Å². The second kappa shape index (κ2) is 10.4. The first-order chi connectivity index (χ1) is 16.1. The molecule has 0 bridgehead atoms. The molecule has 1 aliphatic heterocycles. The monoisotopic (exact) mass is 692 g/mol. The summed E-state index contributed by atoms with van der Waals surface area (Å²) >= 11 is 22.5. The van der Waals surface area contributed by atoms with E-state index in [4.69, 9.17) is 23.2 Å². The smallest absolute Gasteiger partial charge is 0.273 e. The predicted octanol–water partition coefficient (Wildman–Crippen LogP) is 5.92. The summed E-state index contributed by atoms with van der Waals surface area (Å²) in [6, 6.07) is 10.8. The van der Waals surface area contributed by atoms with Crippen LogP contribution in [0.5, 0.6) is 0 Å². The van der Waals surface area contributed by atoms with Crippen LogP contribution in [0.25, 0.3) is 0 Å². The van der Waals surface area contributed by atoms with E-state index in [1.54, 1.807) is 24.3 Å². The zero-order chi connectivity index (χ0) is 24.7. The van der Waals surface area contributed by atoms with Crippen LogP contribution < -0.4 is 0 Å². The summed E-state index contributed by atoms with van der Waals surface area (Å²) < 4.78 is 0.787. The van der Waals surface area contributed by atoms with E-state index in [9.17, 15) is 19.2 Å². The van der Waals surface area contributed by atoms with E-state index in [2.05, 4.69) is 47.8 Å². The largest absolute Gasteiger partial charge is 0.292 e. The van der Waals surface area contributed by atoms with Gasteiger partial charge in [-0.15, -0.1) is 0 Å². The molecule has 2 aliphatic rings. The third kappa shape index (κ3) is 5.00. The first kappa shape index (κ1) is 25.8. The van der Waals surface area contributed by atoms with Crippen molar-refractivity contribution in [2.45, 2.75) is 22.5 Å². The van der Waals surface area contributed by atoms with Gasteiger partial charge in [0.05, 0.1) is 21.9 Å². The zero-order valence-electron chi connectivity index (χ0n) is 17.4. The van der Waals surface area contributed by atoms with Gasteiger partial charge in [0.2, 0.25) is 0 Å². The second-order valence-electron chi connectivity index (χ2n) is 8.13. The van der Waals surface area contributed by atoms with Gasteiger partial charge in [0.15, 0.2) is 5.78 Å². The first-order valence-corrected chi connectivity index (χ1v) is 13.7. The Bertz CT molecular complexity index is 1150. The Morgan fingerprint density at radius 3 is 1.94 bits per heavy atom. The van der Waals surface area contributed by atoms with Crippen LogP contribution in [0.1, 0.15) is 33.6 Å². The van der Waals surface area contributed by atoms with Gasteiger partial charge in [0.1, 0.15) is 6.54 Å². The number of carbonyl (C=O) groups is 4. The van der Waals surface area contributed by atoms with Crippen molar-refractivity contribution in [3.63, 3.8) is 0 Å². The van der Waals surface area contributed by atoms with Gasteiger partial charge in [-0.3, -0.25) is 19.2 Å². The number of hydrogen-bond acceptors (Lipinski definition) is 4. The lowest BCUT2D eigenvalue weighted by Gasteiger charge is -2.30. The SMILES string of the molecule is O=C(CN(C(=O)c1ccc(Cl)c(Cl)c1)N1C(=O)[C@@H]2C[C@H](Br)[C@@H](Br)C[C@H]2C1=O)c1ccc(Br)cc1. The van der Waals surface area contributed by atoms with Gasteiger partial charge in [-0.2, -0.15) is 5.01 Å². The van der Waals surface area contributed by atoms with Crippen LogP contribution in [0.15, 0.2) is 46.9 Å². The lowest BCUT2D eigenvalue weighted by Crippen LogP contribution is -2.52. The molecule has 0 aromatic heterocycles. The van der Waals surface area contributed by atoms with Crippen molar-refractivity contribution in [1.29, 1.82) is 0 Å². The molecule has 6 nitrogen and oxygen atoms in total. The molecule has 1 aliphatic carbocycles. The highest BCUT2D eigenvalue weighted by atomic mass is 79.9. The van der Waals surface area contributed by atoms with Gasteiger partial charge in [-0.05, 0) is 43.2 Å². The van der Waals surface area contributed by atoms with Crippen molar-refractivity contribution in [2.24, 2.45) is 11.8 Å². The van der Waals surface area contributed by atoms with Crippen LogP contribution in [0, 0.1) is 11.8 Å². The fraction of sp³-hybridized carbons (Fsp3) is 0.304. The number of imide groups is 1. The number of Topliss-reactive ketones (excluding diaryl/α,β-unsaturated/α-hetero) is 1. The van der Waals surface area contributed by atoms with Crippen LogP contribution in [0.2, 0.25) is 10.0 Å². The number of carbonyl (C=O) groups excluding carboxylic acids is 4. The Kier molecular flexibility index (Phi) is 7.89. The van der Waals surface area contributed by atoms with Crippen LogP contribution in [0.4, 0.5) is 0 Å². The molecule has 34 heavy (non-hydrogen) atoms. The number of halogens is 5. The van der Waals surface area contributed by atoms with Gasteiger partial charge in [0, 0.05) is 25.3 Å². The molecule has 0 spiro atoms. The molecule has 0 N–H and O–H groups in total. The van der Waals surface area contributed by atoms with Gasteiger partial charge >= 0.3 is 0 Å². The zero-order valence-corrected chi connectivity index (χ0v) is 23.7. The predicted molar refractivity (Wildman–Crippen MR) is 139 cm³/mol. The summed E-state index contributed by atoms with van der Waals surface area (Å²) in [7, 11) is 0. The number of fused-ring (bicyclic) bond motifs is 1. The summed E-state index contributed by atoms with van der Waals surface area (Å²) in [5.74, 6) is -3.25. The molecule has 2 fully saturated rings. The Hall–Kier alpha value is -1.26. The lowest BCUT2D eigenvalue weighted by atomic mass is 9.81. The number of nitrogens with zero attached hydrogens (tertiary/aromatic N) is 2. The van der Waals surface area contributed by atoms with Gasteiger partial charge in [-0.25, -0.2) is 5.01 Å². The average Bonchev–Trinajstić information content (AvgIpc) is 3.03. The minimum absolute atomic E-state index is 0.00840. The van der Waals surface area contributed by atoms with E-state index in [1.165, 1.54) is 18.2 Å². The number of hydrazine groups is 1. The summed E-state index contributed by atoms with van der Waals surface area (Å²) in [6.45, 7) is -0.493. The molecule has 0 radical (unpaired) electrons. The lowest BCUT2D eigenvalue weighted by molar-refractivity contribution is -0.154. The maximum atomic E-state index is 13.5. The van der Waals surface area contributed by atoms with Crippen molar-refractivity contribution in [3.8, 4) is 0 Å². The van der Waals surface area contributed by atoms with E-state index < -0.39 is 41.9 Å². The second-order valence-corrected chi connectivity index (χ2v) is 12.2. The molecule has 3 amide bonds. The van der Waals surface area contributed by atoms with Crippen molar-refractivity contribution < 1.29 is 19.2 Å². The molecular weight excluding hydrogens is 679 g/mol. The summed E-state index contributed by atoms with van der Waals surface area (Å²) in [4.78, 5) is 53.4. The molecule has 1 heterocycles. The van der Waals surface area contributed by atoms with Crippen LogP contribution in [-0.4, -0.2) is 49.7 Å². The minimum atomic E-state index is -0.699. The average molecular weight is 696 g/mol. The molecule has 1 saturated carbocycles. The summed E-state index contributed by atoms with van der Waals surface area (Å²) in [5, 5.41) is 2.17. The van der Waals surface area contributed by atoms with Crippen molar-refractivity contribution in [2.75, 3.05) is 6.54 Å². The van der Waals surface area contributed by atoms with E-state index in [1.807, 2.05) is 0 Å². The molecule has 178 valence electrons. The normalized spacial score (nSPS) is 24.2. The fourth-order valence-electron chi connectivity index (χ4n) is 4.19. The number of benzene rings is 2. The number of rotatable bonds is 5. The molecule has 2 aromatic rings. The Balaban J connectivity index is 1.71. The Morgan fingerprint density at radius 2 is 1.41 bits per heavy atom. The highest BCUT2D eigenvalue weighted by molar-refractivity contribution is 9.12. The number of amides is 3. The quantitative estimate of drug-likeness (QED) is 0.221. The molecular formula is C23H17Br3Cl2N2O4. The van der Waals surface area contributed by atoms with E-state index in [0.29, 0.717) is 18.4 Å². The summed E-state index contributed by atoms with van der Waals surface area (Å²) in [5.41, 5.74) is 0.443. The molecule has 4 rings (SSSR count). The molecule has 11 heteroatoms. The highest BCUT2D eigenvalue weighted by Gasteiger charge is 2.54. The van der Waals surface area contributed by atoms with Gasteiger partial charge in [0.25, 0.3) is 17.7 Å². The summed E-state index contributed by atoms with van der Waals surface area (Å²) in [6.07, 6.45) is 0.883. The molecule has 1 saturated heterocycles. The maximum absolute atomic E-state index is 13.5. The Morgan fingerprint density at radius 1 is 0.882 bits per heavy atom. The molecule has 0 unspecified atom stereocenters. The number of ketones is 1. The third-order valence-electron chi connectivity index (χ3n) is 5.99. The molecule has 4 atom stereocenters. The number of alkyl halides is 2. The standard InChI is InChI=1S/C23H17Br3Cl2N2O4/c24-13-4-1-11(2-5-13)20(31)10-29(21(32)12-3-6-18(27)19(28)7-12)30-22(33)14-8-16(25)17(26)9-15(14)23(30)34/h1-7,14-17H,8-10H2/t14-,15-,16+,17+/m1/s1. The van der Waals surface area contributed by atoms with Crippen LogP contribution in [-0.2, 0) is 9.59 Å². The first-order valence-electron chi connectivity index (χ1n) is 10.3. The third-order valence-corrected chi connectivity index (χ3v) is 9.99. The van der Waals surface area contributed by atoms with Gasteiger partial charge < -0.3 is 0 Å². The topological polar surface area (TPSA) is 74.8 Å². The van der Waals surface area contributed by atoms with Crippen molar-refractivity contribution >= 4 is 94.5 Å². The number of hydrogen-bond donors (Lipinski definition) is 0. The van der Waals surface area contributed by atoms with E-state index >= 15 is 0 Å². The van der Waals surface area contributed by atoms with Crippen molar-refractivity contribution in [3.05, 3.63) is 68.1 Å². The highest BCUT2D eigenvalue weighted by Crippen LogP contribution is 2.43. The van der Waals surface area contributed by atoms with Crippen LogP contribution in [0.3, 0.4) is 0 Å². The molecule has 2 aromatic carbocycles. The van der Waals surface area contributed by atoms with Crippen molar-refractivity contribution in [1.82, 2.24) is 10.0 Å². The maximum Gasteiger partial charge on any atom is 0.273 e. The van der Waals surface area contributed by atoms with E-state index in [0.717, 1.165) is 14.5 Å². The minimum Gasteiger partial charge on any atom is -0.292 e. The van der Waals surface area contributed by atoms with Crippen LogP contribution >= 0.6 is 71.0 Å². The fourth-order valence-corrected chi connectivity index (χ4v) is 5.99. The Labute approximate surface area is 231 Å².